The fourth-order valence-corrected chi connectivity index (χ4v) is 3.59. The second-order valence-corrected chi connectivity index (χ2v) is 7.35. The zero-order valence-corrected chi connectivity index (χ0v) is 17.4. The van der Waals surface area contributed by atoms with Crippen molar-refractivity contribution < 1.29 is 19.8 Å². The molecule has 2 N–H and O–H groups in total. The van der Waals surface area contributed by atoms with Crippen molar-refractivity contribution in [2.45, 2.75) is 39.3 Å². The maximum absolute atomic E-state index is 12.8. The van der Waals surface area contributed by atoms with Crippen molar-refractivity contribution in [3.63, 3.8) is 0 Å². The molecule has 3 aromatic rings. The Morgan fingerprint density at radius 3 is 2.33 bits per heavy atom. The first-order chi connectivity index (χ1) is 14.5. The molecule has 0 saturated heterocycles. The first-order valence-corrected chi connectivity index (χ1v) is 10.1. The van der Waals surface area contributed by atoms with Gasteiger partial charge in [0.1, 0.15) is 5.82 Å². The van der Waals surface area contributed by atoms with E-state index < -0.39 is 5.97 Å². The van der Waals surface area contributed by atoms with Crippen molar-refractivity contribution in [3.05, 3.63) is 87.5 Å². The number of carboxylic acids is 1. The quantitative estimate of drug-likeness (QED) is 0.496. The number of nitrogens with zero attached hydrogens (tertiary/aromatic N) is 2. The highest BCUT2D eigenvalue weighted by Gasteiger charge is 2.18. The van der Waals surface area contributed by atoms with Gasteiger partial charge in [-0.1, -0.05) is 67.4 Å². The van der Waals surface area contributed by atoms with Gasteiger partial charge in [0.05, 0.1) is 17.9 Å². The number of rotatable bonds is 9. The Bertz CT molecular complexity index is 1060. The minimum Gasteiger partial charge on any atom is -0.478 e. The second kappa shape index (κ2) is 9.69. The van der Waals surface area contributed by atoms with Crippen LogP contribution in [0, 0.1) is 0 Å². The first-order valence-electron chi connectivity index (χ1n) is 9.76. The molecule has 156 valence electrons. The number of carbonyl (C=O) groups is 2. The van der Waals surface area contributed by atoms with E-state index in [2.05, 4.69) is 11.9 Å². The number of ketones is 1. The average molecular weight is 427 g/mol. The predicted molar refractivity (Wildman–Crippen MR) is 114 cm³/mol. The van der Waals surface area contributed by atoms with Gasteiger partial charge in [0.25, 0.3) is 0 Å². The Balaban J connectivity index is 1.85. The highest BCUT2D eigenvalue weighted by molar-refractivity contribution is 6.30. The Labute approximate surface area is 179 Å². The van der Waals surface area contributed by atoms with E-state index >= 15 is 0 Å². The van der Waals surface area contributed by atoms with Crippen LogP contribution in [0.5, 0.6) is 0 Å². The van der Waals surface area contributed by atoms with E-state index in [1.54, 1.807) is 24.3 Å². The monoisotopic (exact) mass is 426 g/mol. The molecule has 3 rings (SSSR count). The SMILES string of the molecule is CCCCc1nc(Cl)c(CO)n1Cc1ccc(C(=O)c2ccccc2C(=O)O)cc1. The van der Waals surface area contributed by atoms with Gasteiger partial charge in [-0.15, -0.1) is 0 Å². The van der Waals surface area contributed by atoms with Gasteiger partial charge in [0.15, 0.2) is 10.9 Å². The molecule has 0 aliphatic rings. The molecule has 0 aliphatic heterocycles. The van der Waals surface area contributed by atoms with Gasteiger partial charge >= 0.3 is 5.97 Å². The number of aromatic nitrogens is 2. The highest BCUT2D eigenvalue weighted by atomic mass is 35.5. The molecule has 0 saturated carbocycles. The van der Waals surface area contributed by atoms with Crippen LogP contribution in [0.2, 0.25) is 5.15 Å². The number of aromatic carboxylic acids is 1. The Kier molecular flexibility index (Phi) is 7.03. The van der Waals surface area contributed by atoms with Crippen molar-refractivity contribution >= 4 is 23.4 Å². The molecule has 0 aliphatic carbocycles. The van der Waals surface area contributed by atoms with Gasteiger partial charge in [-0.2, -0.15) is 0 Å². The van der Waals surface area contributed by atoms with Gasteiger partial charge in [0.2, 0.25) is 0 Å². The molecular weight excluding hydrogens is 404 g/mol. The van der Waals surface area contributed by atoms with Crippen molar-refractivity contribution in [1.29, 1.82) is 0 Å². The van der Waals surface area contributed by atoms with Crippen LogP contribution in [0.3, 0.4) is 0 Å². The van der Waals surface area contributed by atoms with Crippen molar-refractivity contribution in [2.24, 2.45) is 0 Å². The van der Waals surface area contributed by atoms with Crippen molar-refractivity contribution in [1.82, 2.24) is 9.55 Å². The minimum absolute atomic E-state index is 0.0206. The molecule has 0 fully saturated rings. The first kappa shape index (κ1) is 21.7. The summed E-state index contributed by atoms with van der Waals surface area (Å²) >= 11 is 6.19. The largest absolute Gasteiger partial charge is 0.478 e. The minimum atomic E-state index is -1.14. The zero-order valence-electron chi connectivity index (χ0n) is 16.6. The molecule has 2 aromatic carbocycles. The van der Waals surface area contributed by atoms with E-state index in [0.29, 0.717) is 23.0 Å². The van der Waals surface area contributed by atoms with Crippen LogP contribution >= 0.6 is 11.6 Å². The summed E-state index contributed by atoms with van der Waals surface area (Å²) < 4.78 is 1.91. The topological polar surface area (TPSA) is 92.4 Å². The third kappa shape index (κ3) is 4.61. The number of imidazole rings is 1. The van der Waals surface area contributed by atoms with Gasteiger partial charge in [0, 0.05) is 24.1 Å². The van der Waals surface area contributed by atoms with E-state index in [1.807, 2.05) is 16.7 Å². The fourth-order valence-electron chi connectivity index (χ4n) is 3.34. The molecule has 0 amide bonds. The summed E-state index contributed by atoms with van der Waals surface area (Å²) in [5.41, 5.74) is 2.03. The lowest BCUT2D eigenvalue weighted by atomic mass is 9.97. The van der Waals surface area contributed by atoms with Crippen LogP contribution in [-0.2, 0) is 19.6 Å². The smallest absolute Gasteiger partial charge is 0.336 e. The number of carbonyl (C=O) groups excluding carboxylic acids is 1. The van der Waals surface area contributed by atoms with Gasteiger partial charge < -0.3 is 14.8 Å². The number of aryl methyl sites for hydroxylation is 1. The molecular formula is C23H23ClN2O4. The standard InChI is InChI=1S/C23H23ClN2O4/c1-2-3-8-20-25-22(24)19(14-27)26(20)13-15-9-11-16(12-10-15)21(28)17-6-4-5-7-18(17)23(29)30/h4-7,9-12,27H,2-3,8,13-14H2,1H3,(H,29,30). The molecule has 0 unspecified atom stereocenters. The van der Waals surface area contributed by atoms with Gasteiger partial charge in [-0.25, -0.2) is 9.78 Å². The number of aliphatic hydroxyl groups excluding tert-OH is 1. The number of carboxylic acid groups (broad SMARTS) is 1. The van der Waals surface area contributed by atoms with Crippen molar-refractivity contribution in [3.8, 4) is 0 Å². The molecule has 7 heteroatoms. The van der Waals surface area contributed by atoms with Gasteiger partial charge in [-0.3, -0.25) is 4.79 Å². The summed E-state index contributed by atoms with van der Waals surface area (Å²) in [6, 6.07) is 13.2. The Hall–Kier alpha value is -2.96. The third-order valence-electron chi connectivity index (χ3n) is 4.97. The Morgan fingerprint density at radius 1 is 1.07 bits per heavy atom. The van der Waals surface area contributed by atoms with Crippen LogP contribution < -0.4 is 0 Å². The van der Waals surface area contributed by atoms with E-state index in [0.717, 1.165) is 30.7 Å². The highest BCUT2D eigenvalue weighted by Crippen LogP contribution is 2.22. The molecule has 30 heavy (non-hydrogen) atoms. The molecule has 6 nitrogen and oxygen atoms in total. The summed E-state index contributed by atoms with van der Waals surface area (Å²) in [6.45, 7) is 2.36. The molecule has 0 spiro atoms. The zero-order chi connectivity index (χ0) is 21.7. The lowest BCUT2D eigenvalue weighted by molar-refractivity contribution is 0.0693. The number of benzene rings is 2. The predicted octanol–water partition coefficient (Wildman–Crippen LogP) is 4.35. The number of unbranched alkanes of at least 4 members (excludes halogenated alkanes) is 1. The van der Waals surface area contributed by atoms with Crippen LogP contribution in [0.4, 0.5) is 0 Å². The summed E-state index contributed by atoms with van der Waals surface area (Å²) in [5.74, 6) is -0.657. The lowest BCUT2D eigenvalue weighted by Gasteiger charge is -2.12. The molecule has 1 heterocycles. The van der Waals surface area contributed by atoms with Gasteiger partial charge in [-0.05, 0) is 18.1 Å². The number of hydrogen-bond donors (Lipinski definition) is 2. The Morgan fingerprint density at radius 2 is 1.73 bits per heavy atom. The second-order valence-electron chi connectivity index (χ2n) is 6.99. The molecule has 0 radical (unpaired) electrons. The average Bonchev–Trinajstić information content (AvgIpc) is 3.06. The fraction of sp³-hybridized carbons (Fsp3) is 0.261. The number of hydrogen-bond acceptors (Lipinski definition) is 4. The van der Waals surface area contributed by atoms with Crippen molar-refractivity contribution in [2.75, 3.05) is 0 Å². The summed E-state index contributed by atoms with van der Waals surface area (Å²) in [4.78, 5) is 28.6. The third-order valence-corrected chi connectivity index (χ3v) is 5.27. The van der Waals surface area contributed by atoms with Crippen LogP contribution in [0.25, 0.3) is 0 Å². The maximum Gasteiger partial charge on any atom is 0.336 e. The molecule has 1 aromatic heterocycles. The molecule has 0 atom stereocenters. The van der Waals surface area contributed by atoms with E-state index in [9.17, 15) is 19.8 Å². The van der Waals surface area contributed by atoms with E-state index in [1.165, 1.54) is 12.1 Å². The summed E-state index contributed by atoms with van der Waals surface area (Å²) in [5, 5.41) is 19.3. The van der Waals surface area contributed by atoms with E-state index in [-0.39, 0.29) is 23.5 Å². The molecule has 0 bridgehead atoms. The maximum atomic E-state index is 12.8. The van der Waals surface area contributed by atoms with Crippen LogP contribution in [0.1, 0.15) is 63.1 Å². The number of halogens is 1. The van der Waals surface area contributed by atoms with Crippen LogP contribution in [0.15, 0.2) is 48.5 Å². The van der Waals surface area contributed by atoms with E-state index in [4.69, 9.17) is 11.6 Å². The lowest BCUT2D eigenvalue weighted by Crippen LogP contribution is -2.11. The number of aliphatic hydroxyl groups is 1. The normalized spacial score (nSPS) is 10.9. The van der Waals surface area contributed by atoms with Crippen LogP contribution in [-0.4, -0.2) is 31.5 Å². The summed E-state index contributed by atoms with van der Waals surface area (Å²) in [7, 11) is 0. The summed E-state index contributed by atoms with van der Waals surface area (Å²) in [6.07, 6.45) is 2.75.